The van der Waals surface area contributed by atoms with E-state index in [0.29, 0.717) is 42.7 Å². The van der Waals surface area contributed by atoms with Crippen molar-refractivity contribution < 1.29 is 23.8 Å². The molecule has 1 atom stereocenters. The second-order valence-electron chi connectivity index (χ2n) is 9.85. The molecule has 1 amide bonds. The first-order chi connectivity index (χ1) is 15.5. The van der Waals surface area contributed by atoms with E-state index >= 15 is 4.39 Å². The summed E-state index contributed by atoms with van der Waals surface area (Å²) in [6.45, 7) is 8.23. The number of nitrogens with one attached hydrogen (secondary N) is 1. The highest BCUT2D eigenvalue weighted by Gasteiger charge is 2.33. The molecule has 4 rings (SSSR count). The predicted molar refractivity (Wildman–Crippen MR) is 122 cm³/mol. The lowest BCUT2D eigenvalue weighted by atomic mass is 10.00. The summed E-state index contributed by atoms with van der Waals surface area (Å²) in [5.41, 5.74) is 0.810. The van der Waals surface area contributed by atoms with Gasteiger partial charge in [-0.3, -0.25) is 9.20 Å². The molecule has 1 aliphatic heterocycles. The Bertz CT molecular complexity index is 1180. The number of aromatic nitrogens is 1. The Hall–Kier alpha value is -3.10. The summed E-state index contributed by atoms with van der Waals surface area (Å²) in [4.78, 5) is 38.5. The predicted octanol–water partition coefficient (Wildman–Crippen LogP) is 3.68. The third-order valence-electron chi connectivity index (χ3n) is 6.13. The molecule has 0 bridgehead atoms. The van der Waals surface area contributed by atoms with Gasteiger partial charge in [-0.2, -0.15) is 0 Å². The van der Waals surface area contributed by atoms with Crippen molar-refractivity contribution in [3.8, 4) is 0 Å². The summed E-state index contributed by atoms with van der Waals surface area (Å²) in [6, 6.07) is 1.27. The third kappa shape index (κ3) is 4.54. The van der Waals surface area contributed by atoms with E-state index in [9.17, 15) is 19.5 Å². The maximum Gasteiger partial charge on any atom is 0.407 e. The standard InChI is InChI=1S/C24H30FN3O5/c1-5-15-19-16(13-6-7-13)10-17(22(30)31)21(29)28(19)12-18(25)20(15)27-9-8-14(11-27)26-23(32)33-24(2,3)4/h10,12-14H,5-9,11H2,1-4H3,(H,26,32)(H,30,31). The van der Waals surface area contributed by atoms with Gasteiger partial charge in [-0.25, -0.2) is 14.0 Å². The fraction of sp³-hybridized carbons (Fsp3) is 0.542. The second-order valence-corrected chi connectivity index (χ2v) is 9.85. The van der Waals surface area contributed by atoms with Crippen molar-refractivity contribution in [1.82, 2.24) is 9.72 Å². The SMILES string of the molecule is CCc1c(N2CCC(NC(=O)OC(C)(C)C)C2)c(F)cn2c(=O)c(C(=O)O)cc(C3CC3)c12. The number of amides is 1. The van der Waals surface area contributed by atoms with Gasteiger partial charge in [0.1, 0.15) is 11.2 Å². The molecule has 3 heterocycles. The average molecular weight is 460 g/mol. The van der Waals surface area contributed by atoms with Crippen LogP contribution in [0.25, 0.3) is 5.52 Å². The highest BCUT2D eigenvalue weighted by molar-refractivity contribution is 5.89. The zero-order valence-corrected chi connectivity index (χ0v) is 19.4. The molecule has 2 N–H and O–H groups in total. The van der Waals surface area contributed by atoms with E-state index in [1.165, 1.54) is 10.5 Å². The van der Waals surface area contributed by atoms with Gasteiger partial charge in [0.05, 0.1) is 23.4 Å². The lowest BCUT2D eigenvalue weighted by Gasteiger charge is -2.25. The quantitative estimate of drug-likeness (QED) is 0.708. The van der Waals surface area contributed by atoms with Crippen LogP contribution in [-0.4, -0.2) is 46.3 Å². The molecule has 9 heteroatoms. The number of alkyl carbamates (subject to hydrolysis) is 1. The number of carbonyl (C=O) groups excluding carboxylic acids is 1. The van der Waals surface area contributed by atoms with Gasteiger partial charge >= 0.3 is 12.1 Å². The smallest absolute Gasteiger partial charge is 0.407 e. The lowest BCUT2D eigenvalue weighted by Crippen LogP contribution is -2.40. The van der Waals surface area contributed by atoms with Crippen LogP contribution in [0.2, 0.25) is 0 Å². The number of fused-ring (bicyclic) bond motifs is 1. The van der Waals surface area contributed by atoms with Crippen molar-refractivity contribution >= 4 is 23.3 Å². The molecule has 2 fully saturated rings. The van der Waals surface area contributed by atoms with Gasteiger partial charge < -0.3 is 20.1 Å². The molecule has 0 radical (unpaired) electrons. The minimum absolute atomic E-state index is 0.169. The fourth-order valence-corrected chi connectivity index (χ4v) is 4.62. The summed E-state index contributed by atoms with van der Waals surface area (Å²) >= 11 is 0. The molecule has 2 aliphatic rings. The minimum atomic E-state index is -1.31. The summed E-state index contributed by atoms with van der Waals surface area (Å²) in [5, 5.41) is 12.3. The minimum Gasteiger partial charge on any atom is -0.477 e. The maximum atomic E-state index is 15.4. The van der Waals surface area contributed by atoms with E-state index in [1.54, 1.807) is 20.8 Å². The van der Waals surface area contributed by atoms with E-state index in [-0.39, 0.29) is 17.5 Å². The summed E-state index contributed by atoms with van der Waals surface area (Å²) in [5.74, 6) is -1.72. The van der Waals surface area contributed by atoms with Crippen LogP contribution in [0, 0.1) is 5.82 Å². The number of nitrogens with zero attached hydrogens (tertiary/aromatic N) is 2. The molecular weight excluding hydrogens is 429 g/mol. The zero-order chi connectivity index (χ0) is 24.1. The van der Waals surface area contributed by atoms with E-state index < -0.39 is 29.0 Å². The van der Waals surface area contributed by atoms with E-state index in [0.717, 1.165) is 24.6 Å². The number of rotatable bonds is 5. The molecule has 2 aromatic heterocycles. The lowest BCUT2D eigenvalue weighted by molar-refractivity contribution is 0.0508. The van der Waals surface area contributed by atoms with Crippen LogP contribution in [0.5, 0.6) is 0 Å². The van der Waals surface area contributed by atoms with Gasteiger partial charge in [-0.1, -0.05) is 6.92 Å². The van der Waals surface area contributed by atoms with Crippen molar-refractivity contribution in [2.75, 3.05) is 18.0 Å². The van der Waals surface area contributed by atoms with Crippen molar-refractivity contribution in [3.63, 3.8) is 0 Å². The molecule has 1 unspecified atom stereocenters. The van der Waals surface area contributed by atoms with E-state index in [4.69, 9.17) is 4.74 Å². The van der Waals surface area contributed by atoms with Crippen LogP contribution in [0.15, 0.2) is 17.1 Å². The number of carbonyl (C=O) groups is 2. The number of carboxylic acid groups (broad SMARTS) is 1. The monoisotopic (exact) mass is 459 g/mol. The first-order valence-corrected chi connectivity index (χ1v) is 11.4. The summed E-state index contributed by atoms with van der Waals surface area (Å²) in [6.07, 6.45) is 3.53. The van der Waals surface area contributed by atoms with Crippen molar-refractivity contribution in [1.29, 1.82) is 0 Å². The number of hydrogen-bond acceptors (Lipinski definition) is 5. The zero-order valence-electron chi connectivity index (χ0n) is 19.4. The molecule has 8 nitrogen and oxygen atoms in total. The number of ether oxygens (including phenoxy) is 1. The van der Waals surface area contributed by atoms with Crippen LogP contribution >= 0.6 is 0 Å². The van der Waals surface area contributed by atoms with Crippen LogP contribution in [0.3, 0.4) is 0 Å². The Morgan fingerprint density at radius 1 is 1.27 bits per heavy atom. The highest BCUT2D eigenvalue weighted by Crippen LogP contribution is 2.44. The first kappa shape index (κ1) is 23.1. The Balaban J connectivity index is 1.74. The Labute approximate surface area is 191 Å². The molecule has 178 valence electrons. The molecule has 1 aliphatic carbocycles. The molecule has 1 saturated carbocycles. The average Bonchev–Trinajstić information content (AvgIpc) is 3.45. The van der Waals surface area contributed by atoms with Crippen molar-refractivity contribution in [2.45, 2.75) is 70.9 Å². The summed E-state index contributed by atoms with van der Waals surface area (Å²) in [7, 11) is 0. The normalized spacial score (nSPS) is 18.6. The van der Waals surface area contributed by atoms with Gasteiger partial charge in [-0.05, 0) is 64.0 Å². The van der Waals surface area contributed by atoms with E-state index in [1.807, 2.05) is 11.8 Å². The van der Waals surface area contributed by atoms with Crippen LogP contribution < -0.4 is 15.8 Å². The number of halogens is 1. The molecule has 2 aromatic rings. The van der Waals surface area contributed by atoms with Gasteiger partial charge in [0.2, 0.25) is 0 Å². The number of aryl methyl sites for hydroxylation is 1. The number of hydrogen-bond donors (Lipinski definition) is 2. The van der Waals surface area contributed by atoms with E-state index in [2.05, 4.69) is 5.32 Å². The fourth-order valence-electron chi connectivity index (χ4n) is 4.62. The maximum absolute atomic E-state index is 15.4. The third-order valence-corrected chi connectivity index (χ3v) is 6.13. The first-order valence-electron chi connectivity index (χ1n) is 11.4. The Kier molecular flexibility index (Phi) is 5.84. The second kappa shape index (κ2) is 8.35. The Morgan fingerprint density at radius 3 is 2.55 bits per heavy atom. The van der Waals surface area contributed by atoms with Gasteiger partial charge in [0, 0.05) is 18.7 Å². The van der Waals surface area contributed by atoms with Crippen molar-refractivity contribution in [3.05, 3.63) is 45.1 Å². The van der Waals surface area contributed by atoms with Crippen LogP contribution in [0.4, 0.5) is 14.9 Å². The van der Waals surface area contributed by atoms with Gasteiger partial charge in [0.15, 0.2) is 5.82 Å². The number of pyridine rings is 2. The number of aromatic carboxylic acids is 1. The van der Waals surface area contributed by atoms with Gasteiger partial charge in [-0.15, -0.1) is 0 Å². The molecule has 1 saturated heterocycles. The van der Waals surface area contributed by atoms with Crippen molar-refractivity contribution in [2.24, 2.45) is 0 Å². The summed E-state index contributed by atoms with van der Waals surface area (Å²) < 4.78 is 21.9. The molecular formula is C24H30FN3O5. The molecule has 0 spiro atoms. The topological polar surface area (TPSA) is 100 Å². The number of carboxylic acids is 1. The van der Waals surface area contributed by atoms with Crippen LogP contribution in [0.1, 0.15) is 74.4 Å². The molecule has 0 aromatic carbocycles. The highest BCUT2D eigenvalue weighted by atomic mass is 19.1. The Morgan fingerprint density at radius 2 is 1.97 bits per heavy atom. The molecule has 33 heavy (non-hydrogen) atoms. The number of anilines is 1. The largest absolute Gasteiger partial charge is 0.477 e. The van der Waals surface area contributed by atoms with Crippen LogP contribution in [-0.2, 0) is 11.2 Å². The van der Waals surface area contributed by atoms with Gasteiger partial charge in [0.25, 0.3) is 5.56 Å².